The summed E-state index contributed by atoms with van der Waals surface area (Å²) < 4.78 is 25.7. The van der Waals surface area contributed by atoms with E-state index >= 15 is 0 Å². The molecular formula is C12H18F2N2. The molecule has 1 aromatic carbocycles. The molecule has 0 spiro atoms. The first-order valence-corrected chi connectivity index (χ1v) is 5.38. The van der Waals surface area contributed by atoms with Crippen LogP contribution in [-0.4, -0.2) is 12.1 Å². The fraction of sp³-hybridized carbons (Fsp3) is 0.500. The van der Waals surface area contributed by atoms with Crippen molar-refractivity contribution < 1.29 is 8.78 Å². The van der Waals surface area contributed by atoms with Crippen molar-refractivity contribution in [1.82, 2.24) is 5.32 Å². The van der Waals surface area contributed by atoms with Crippen LogP contribution in [0.3, 0.4) is 0 Å². The van der Waals surface area contributed by atoms with Crippen LogP contribution in [0.2, 0.25) is 0 Å². The van der Waals surface area contributed by atoms with Crippen LogP contribution in [0.15, 0.2) is 18.2 Å². The van der Waals surface area contributed by atoms with Gasteiger partial charge in [-0.15, -0.1) is 0 Å². The van der Waals surface area contributed by atoms with E-state index < -0.39 is 11.6 Å². The molecule has 3 N–H and O–H groups in total. The molecule has 0 saturated carbocycles. The molecule has 0 aliphatic rings. The Morgan fingerprint density at radius 1 is 1.12 bits per heavy atom. The summed E-state index contributed by atoms with van der Waals surface area (Å²) in [6.07, 6.45) is 0. The minimum atomic E-state index is -0.823. The molecule has 0 saturated heterocycles. The number of benzene rings is 1. The highest BCUT2D eigenvalue weighted by atomic mass is 19.2. The third kappa shape index (κ3) is 3.25. The second-order valence-corrected chi connectivity index (χ2v) is 4.21. The summed E-state index contributed by atoms with van der Waals surface area (Å²) in [7, 11) is 0. The number of halogens is 2. The second-order valence-electron chi connectivity index (χ2n) is 4.21. The molecule has 1 aromatic rings. The van der Waals surface area contributed by atoms with E-state index in [1.807, 2.05) is 20.8 Å². The molecule has 1 rings (SSSR count). The Balaban J connectivity index is 2.73. The van der Waals surface area contributed by atoms with Gasteiger partial charge in [0, 0.05) is 18.1 Å². The van der Waals surface area contributed by atoms with Crippen LogP contribution in [0, 0.1) is 11.6 Å². The molecule has 0 radical (unpaired) electrons. The van der Waals surface area contributed by atoms with Gasteiger partial charge in [-0.2, -0.15) is 0 Å². The van der Waals surface area contributed by atoms with E-state index in [4.69, 9.17) is 5.73 Å². The predicted octanol–water partition coefficient (Wildman–Crippen LogP) is 2.35. The fourth-order valence-electron chi connectivity index (χ4n) is 1.42. The van der Waals surface area contributed by atoms with Crippen molar-refractivity contribution in [3.8, 4) is 0 Å². The molecule has 2 nitrogen and oxygen atoms in total. The highest BCUT2D eigenvalue weighted by Gasteiger charge is 2.13. The van der Waals surface area contributed by atoms with E-state index in [0.29, 0.717) is 5.56 Å². The summed E-state index contributed by atoms with van der Waals surface area (Å²) in [5, 5.41) is 3.23. The van der Waals surface area contributed by atoms with E-state index in [-0.39, 0.29) is 18.1 Å². The van der Waals surface area contributed by atoms with E-state index in [2.05, 4.69) is 5.32 Å². The molecule has 0 heterocycles. The smallest absolute Gasteiger partial charge is 0.159 e. The molecule has 16 heavy (non-hydrogen) atoms. The van der Waals surface area contributed by atoms with Gasteiger partial charge in [0.2, 0.25) is 0 Å². The van der Waals surface area contributed by atoms with E-state index in [0.717, 1.165) is 6.07 Å². The molecule has 3 unspecified atom stereocenters. The van der Waals surface area contributed by atoms with E-state index in [9.17, 15) is 8.78 Å². The van der Waals surface area contributed by atoms with Crippen LogP contribution in [0.1, 0.15) is 32.4 Å². The maximum atomic E-state index is 13.0. The van der Waals surface area contributed by atoms with Crippen molar-refractivity contribution in [1.29, 1.82) is 0 Å². The molecule has 90 valence electrons. The maximum absolute atomic E-state index is 13.0. The maximum Gasteiger partial charge on any atom is 0.159 e. The van der Waals surface area contributed by atoms with Gasteiger partial charge in [0.25, 0.3) is 0 Å². The summed E-state index contributed by atoms with van der Waals surface area (Å²) in [5.41, 5.74) is 6.43. The van der Waals surface area contributed by atoms with Gasteiger partial charge in [-0.05, 0) is 38.5 Å². The average molecular weight is 228 g/mol. The lowest BCUT2D eigenvalue weighted by atomic mass is 10.1. The van der Waals surface area contributed by atoms with Crippen molar-refractivity contribution in [2.75, 3.05) is 0 Å². The van der Waals surface area contributed by atoms with Crippen LogP contribution in [0.25, 0.3) is 0 Å². The zero-order valence-corrected chi connectivity index (χ0v) is 9.80. The Morgan fingerprint density at radius 2 is 1.75 bits per heavy atom. The summed E-state index contributed by atoms with van der Waals surface area (Å²) >= 11 is 0. The topological polar surface area (TPSA) is 38.0 Å². The van der Waals surface area contributed by atoms with E-state index in [1.165, 1.54) is 6.07 Å². The molecule has 3 atom stereocenters. The molecule has 0 aliphatic carbocycles. The summed E-state index contributed by atoms with van der Waals surface area (Å²) in [6, 6.07) is 3.98. The quantitative estimate of drug-likeness (QED) is 0.830. The lowest BCUT2D eigenvalue weighted by Gasteiger charge is -2.23. The first-order chi connectivity index (χ1) is 7.41. The molecule has 0 fully saturated rings. The normalized spacial score (nSPS) is 16.9. The summed E-state index contributed by atoms with van der Waals surface area (Å²) in [5.74, 6) is -1.64. The zero-order chi connectivity index (χ0) is 12.3. The monoisotopic (exact) mass is 228 g/mol. The Hall–Kier alpha value is -1.00. The van der Waals surface area contributed by atoms with Gasteiger partial charge < -0.3 is 11.1 Å². The third-order valence-electron chi connectivity index (χ3n) is 2.75. The Bertz CT molecular complexity index is 353. The average Bonchev–Trinajstić information content (AvgIpc) is 2.21. The number of hydrogen-bond acceptors (Lipinski definition) is 2. The van der Waals surface area contributed by atoms with Gasteiger partial charge >= 0.3 is 0 Å². The standard InChI is InChI=1S/C12H18F2N2/c1-7(15)8(2)16-9(3)10-4-5-11(13)12(14)6-10/h4-9,16H,15H2,1-3H3. The van der Waals surface area contributed by atoms with Crippen LogP contribution in [-0.2, 0) is 0 Å². The Morgan fingerprint density at radius 3 is 2.25 bits per heavy atom. The highest BCUT2D eigenvalue weighted by Crippen LogP contribution is 2.16. The molecular weight excluding hydrogens is 210 g/mol. The van der Waals surface area contributed by atoms with Gasteiger partial charge in [-0.3, -0.25) is 0 Å². The van der Waals surface area contributed by atoms with Gasteiger partial charge in [0.15, 0.2) is 11.6 Å². The van der Waals surface area contributed by atoms with Gasteiger partial charge in [0.05, 0.1) is 0 Å². The van der Waals surface area contributed by atoms with Crippen molar-refractivity contribution in [3.05, 3.63) is 35.4 Å². The predicted molar refractivity (Wildman–Crippen MR) is 61.0 cm³/mol. The molecule has 4 heteroatoms. The Labute approximate surface area is 94.8 Å². The van der Waals surface area contributed by atoms with Crippen LogP contribution in [0.5, 0.6) is 0 Å². The lowest BCUT2D eigenvalue weighted by Crippen LogP contribution is -2.42. The van der Waals surface area contributed by atoms with Crippen LogP contribution >= 0.6 is 0 Å². The van der Waals surface area contributed by atoms with Crippen molar-refractivity contribution in [2.45, 2.75) is 38.9 Å². The minimum absolute atomic E-state index is 0.00717. The zero-order valence-electron chi connectivity index (χ0n) is 9.80. The molecule has 0 bridgehead atoms. The second kappa shape index (κ2) is 5.37. The van der Waals surface area contributed by atoms with Gasteiger partial charge in [-0.1, -0.05) is 6.07 Å². The number of nitrogens with one attached hydrogen (secondary N) is 1. The minimum Gasteiger partial charge on any atom is -0.327 e. The first kappa shape index (κ1) is 13.1. The van der Waals surface area contributed by atoms with Crippen molar-refractivity contribution in [2.24, 2.45) is 5.73 Å². The highest BCUT2D eigenvalue weighted by molar-refractivity contribution is 5.20. The molecule has 0 aliphatic heterocycles. The lowest BCUT2D eigenvalue weighted by molar-refractivity contribution is 0.427. The number of nitrogens with two attached hydrogens (primary N) is 1. The van der Waals surface area contributed by atoms with Gasteiger partial charge in [-0.25, -0.2) is 8.78 Å². The summed E-state index contributed by atoms with van der Waals surface area (Å²) in [4.78, 5) is 0. The van der Waals surface area contributed by atoms with E-state index in [1.54, 1.807) is 6.07 Å². The number of rotatable bonds is 4. The third-order valence-corrected chi connectivity index (χ3v) is 2.75. The van der Waals surface area contributed by atoms with Crippen LogP contribution < -0.4 is 11.1 Å². The SMILES string of the molecule is CC(NC(C)C(C)N)c1ccc(F)c(F)c1. The van der Waals surface area contributed by atoms with Crippen LogP contribution in [0.4, 0.5) is 8.78 Å². The van der Waals surface area contributed by atoms with Gasteiger partial charge in [0.1, 0.15) is 0 Å². The molecule has 0 aromatic heterocycles. The largest absolute Gasteiger partial charge is 0.327 e. The Kier molecular flexibility index (Phi) is 4.38. The summed E-state index contributed by atoms with van der Waals surface area (Å²) in [6.45, 7) is 5.75. The van der Waals surface area contributed by atoms with Crippen molar-refractivity contribution >= 4 is 0 Å². The molecule has 0 amide bonds. The van der Waals surface area contributed by atoms with Crippen molar-refractivity contribution in [3.63, 3.8) is 0 Å². The number of hydrogen-bond donors (Lipinski definition) is 2. The fourth-order valence-corrected chi connectivity index (χ4v) is 1.42. The first-order valence-electron chi connectivity index (χ1n) is 5.38.